The normalized spacial score (nSPS) is 17.8. The van der Waals surface area contributed by atoms with Crippen LogP contribution >= 0.6 is 0 Å². The Labute approximate surface area is 117 Å². The lowest BCUT2D eigenvalue weighted by molar-refractivity contribution is -0.122. The van der Waals surface area contributed by atoms with E-state index in [0.29, 0.717) is 12.2 Å². The van der Waals surface area contributed by atoms with Gasteiger partial charge >= 0.3 is 0 Å². The molecule has 0 radical (unpaired) electrons. The fraction of sp³-hybridized carbons (Fsp3) is 0.429. The summed E-state index contributed by atoms with van der Waals surface area (Å²) in [6, 6.07) is 4.97. The Bertz CT molecular complexity index is 512. The summed E-state index contributed by atoms with van der Waals surface area (Å²) in [7, 11) is 1.68. The summed E-state index contributed by atoms with van der Waals surface area (Å²) in [6.45, 7) is 1.21. The lowest BCUT2D eigenvalue weighted by atomic mass is 10.1. The highest BCUT2D eigenvalue weighted by molar-refractivity contribution is 5.96. The van der Waals surface area contributed by atoms with Crippen LogP contribution in [-0.2, 0) is 11.3 Å². The zero-order valence-electron chi connectivity index (χ0n) is 11.4. The third kappa shape index (κ3) is 3.33. The second-order valence-corrected chi connectivity index (χ2v) is 4.81. The van der Waals surface area contributed by atoms with E-state index in [1.165, 1.54) is 0 Å². The van der Waals surface area contributed by atoms with Gasteiger partial charge in [0.15, 0.2) is 0 Å². The van der Waals surface area contributed by atoms with Crippen LogP contribution in [0.5, 0.6) is 0 Å². The molecule has 1 aromatic carbocycles. The molecule has 1 unspecified atom stereocenters. The van der Waals surface area contributed by atoms with Crippen molar-refractivity contribution in [2.75, 3.05) is 18.9 Å². The largest absolute Gasteiger partial charge is 0.388 e. The van der Waals surface area contributed by atoms with Gasteiger partial charge < -0.3 is 16.0 Å². The van der Waals surface area contributed by atoms with Crippen LogP contribution in [0.4, 0.5) is 10.1 Å². The second kappa shape index (κ2) is 6.47. The lowest BCUT2D eigenvalue weighted by Gasteiger charge is -2.12. The number of hydrogen-bond acceptors (Lipinski definition) is 4. The summed E-state index contributed by atoms with van der Waals surface area (Å²) >= 11 is 0. The molecule has 0 aliphatic carbocycles. The highest BCUT2D eigenvalue weighted by atomic mass is 19.1. The van der Waals surface area contributed by atoms with E-state index in [9.17, 15) is 9.18 Å². The van der Waals surface area contributed by atoms with Gasteiger partial charge in [0.05, 0.1) is 11.6 Å². The van der Waals surface area contributed by atoms with Crippen molar-refractivity contribution < 1.29 is 9.18 Å². The molecule has 1 aliphatic rings. The van der Waals surface area contributed by atoms with Gasteiger partial charge in [-0.1, -0.05) is 6.07 Å². The van der Waals surface area contributed by atoms with Gasteiger partial charge in [-0.15, -0.1) is 0 Å². The summed E-state index contributed by atoms with van der Waals surface area (Å²) in [6.07, 6.45) is 1.86. The third-order valence-corrected chi connectivity index (χ3v) is 3.43. The topological polar surface area (TPSA) is 77.0 Å². The fourth-order valence-corrected chi connectivity index (χ4v) is 2.32. The lowest BCUT2D eigenvalue weighted by Crippen LogP contribution is -2.40. The average Bonchev–Trinajstić information content (AvgIpc) is 2.98. The van der Waals surface area contributed by atoms with Crippen LogP contribution in [0.2, 0.25) is 0 Å². The van der Waals surface area contributed by atoms with Gasteiger partial charge in [-0.2, -0.15) is 4.39 Å². The number of amides is 1. The van der Waals surface area contributed by atoms with Crippen LogP contribution < -0.4 is 16.0 Å². The Hall–Kier alpha value is -1.95. The Morgan fingerprint density at radius 2 is 2.35 bits per heavy atom. The van der Waals surface area contributed by atoms with Crippen LogP contribution in [0.1, 0.15) is 24.0 Å². The smallest absolute Gasteiger partial charge is 0.237 e. The van der Waals surface area contributed by atoms with Gasteiger partial charge in [-0.25, -0.2) is 0 Å². The van der Waals surface area contributed by atoms with E-state index in [1.54, 1.807) is 25.2 Å². The molecule has 1 aromatic rings. The maximum atomic E-state index is 13.2. The molecule has 5 nitrogen and oxygen atoms in total. The number of benzene rings is 1. The van der Waals surface area contributed by atoms with E-state index >= 15 is 0 Å². The number of anilines is 1. The molecule has 0 saturated carbocycles. The third-order valence-electron chi connectivity index (χ3n) is 3.43. The summed E-state index contributed by atoms with van der Waals surface area (Å²) in [5.41, 5.74) is 1.54. The molecule has 1 heterocycles. The van der Waals surface area contributed by atoms with Gasteiger partial charge in [-0.3, -0.25) is 10.2 Å². The predicted molar refractivity (Wildman–Crippen MR) is 76.8 cm³/mol. The number of nitrogens with one attached hydrogen (secondary N) is 4. The molecule has 0 bridgehead atoms. The van der Waals surface area contributed by atoms with Crippen molar-refractivity contribution in [2.24, 2.45) is 0 Å². The molecule has 6 heteroatoms. The first-order valence-corrected chi connectivity index (χ1v) is 6.68. The van der Waals surface area contributed by atoms with Crippen LogP contribution in [-0.4, -0.2) is 31.5 Å². The standard InChI is InChI=1S/C14H19FN4O/c1-17-11-5-4-9(7-10(11)13(15)16)8-19-14(20)12-3-2-6-18-12/h4-5,7,12,16-18H,2-3,6,8H2,1H3,(H,19,20). The maximum Gasteiger partial charge on any atom is 0.237 e. The molecule has 1 aliphatic heterocycles. The number of halogens is 1. The molecule has 0 spiro atoms. The van der Waals surface area contributed by atoms with E-state index < -0.39 is 5.97 Å². The van der Waals surface area contributed by atoms with Crippen molar-refractivity contribution in [2.45, 2.75) is 25.4 Å². The minimum absolute atomic E-state index is 0.0305. The zero-order valence-corrected chi connectivity index (χ0v) is 11.4. The van der Waals surface area contributed by atoms with E-state index in [-0.39, 0.29) is 17.5 Å². The van der Waals surface area contributed by atoms with E-state index in [1.807, 2.05) is 0 Å². The van der Waals surface area contributed by atoms with Crippen molar-refractivity contribution in [3.63, 3.8) is 0 Å². The summed E-state index contributed by atoms with van der Waals surface area (Å²) in [4.78, 5) is 11.9. The van der Waals surface area contributed by atoms with Crippen LogP contribution in [0, 0.1) is 5.41 Å². The van der Waals surface area contributed by atoms with Gasteiger partial charge in [0, 0.05) is 19.3 Å². The first-order valence-electron chi connectivity index (χ1n) is 6.68. The van der Waals surface area contributed by atoms with Crippen molar-refractivity contribution >= 4 is 17.6 Å². The van der Waals surface area contributed by atoms with Crippen molar-refractivity contribution in [3.8, 4) is 0 Å². The minimum Gasteiger partial charge on any atom is -0.388 e. The van der Waals surface area contributed by atoms with Gasteiger partial charge in [0.25, 0.3) is 0 Å². The monoisotopic (exact) mass is 278 g/mol. The Balaban J connectivity index is 2.00. The second-order valence-electron chi connectivity index (χ2n) is 4.81. The Morgan fingerprint density at radius 3 is 2.95 bits per heavy atom. The molecular formula is C14H19FN4O. The quantitative estimate of drug-likeness (QED) is 0.615. The molecule has 108 valence electrons. The molecule has 1 saturated heterocycles. The highest BCUT2D eigenvalue weighted by Crippen LogP contribution is 2.18. The van der Waals surface area contributed by atoms with Gasteiger partial charge in [0.2, 0.25) is 11.9 Å². The predicted octanol–water partition coefficient (Wildman–Crippen LogP) is 1.39. The first kappa shape index (κ1) is 14.5. The average molecular weight is 278 g/mol. The highest BCUT2D eigenvalue weighted by Gasteiger charge is 2.21. The van der Waals surface area contributed by atoms with E-state index in [4.69, 9.17) is 5.41 Å². The number of hydrogen-bond donors (Lipinski definition) is 4. The zero-order chi connectivity index (χ0) is 14.5. The number of rotatable bonds is 5. The van der Waals surface area contributed by atoms with Gasteiger partial charge in [0.1, 0.15) is 0 Å². The first-order chi connectivity index (χ1) is 9.61. The molecule has 2 rings (SSSR count). The molecule has 0 aromatic heterocycles. The van der Waals surface area contributed by atoms with Crippen LogP contribution in [0.15, 0.2) is 18.2 Å². The van der Waals surface area contributed by atoms with Crippen molar-refractivity contribution in [1.29, 1.82) is 5.41 Å². The molecule has 1 atom stereocenters. The van der Waals surface area contributed by atoms with E-state index in [0.717, 1.165) is 24.9 Å². The number of carbonyl (C=O) groups is 1. The maximum absolute atomic E-state index is 13.2. The van der Waals surface area contributed by atoms with Crippen molar-refractivity contribution in [3.05, 3.63) is 29.3 Å². The molecular weight excluding hydrogens is 259 g/mol. The van der Waals surface area contributed by atoms with E-state index in [2.05, 4.69) is 16.0 Å². The molecule has 1 fully saturated rings. The fourth-order valence-electron chi connectivity index (χ4n) is 2.32. The summed E-state index contributed by atoms with van der Waals surface area (Å²) in [5.74, 6) is -1.02. The SMILES string of the molecule is CNc1ccc(CNC(=O)C2CCCN2)cc1C(=N)F. The van der Waals surface area contributed by atoms with Crippen LogP contribution in [0.3, 0.4) is 0 Å². The minimum atomic E-state index is -0.986. The molecule has 4 N–H and O–H groups in total. The Kier molecular flexibility index (Phi) is 4.68. The molecule has 1 amide bonds. The van der Waals surface area contributed by atoms with Gasteiger partial charge in [-0.05, 0) is 37.1 Å². The van der Waals surface area contributed by atoms with Crippen LogP contribution in [0.25, 0.3) is 0 Å². The van der Waals surface area contributed by atoms with Crippen molar-refractivity contribution in [1.82, 2.24) is 10.6 Å². The Morgan fingerprint density at radius 1 is 1.55 bits per heavy atom. The summed E-state index contributed by atoms with van der Waals surface area (Å²) in [5, 5.41) is 15.9. The summed E-state index contributed by atoms with van der Waals surface area (Å²) < 4.78 is 13.2. The number of carbonyl (C=O) groups excluding carboxylic acids is 1. The molecule has 20 heavy (non-hydrogen) atoms.